The third-order valence-electron chi connectivity index (χ3n) is 13.8. The summed E-state index contributed by atoms with van der Waals surface area (Å²) in [5.74, 6) is 0. The van der Waals surface area contributed by atoms with Gasteiger partial charge in [-0.1, -0.05) is 168 Å². The summed E-state index contributed by atoms with van der Waals surface area (Å²) in [6.07, 6.45) is 6.38. The van der Waals surface area contributed by atoms with Crippen LogP contribution in [0.4, 0.5) is 17.1 Å². The molecule has 0 N–H and O–H groups in total. The predicted molar refractivity (Wildman–Crippen MR) is 240 cm³/mol. The lowest BCUT2D eigenvalue weighted by atomic mass is 9.70. The highest BCUT2D eigenvalue weighted by atomic mass is 15.1. The van der Waals surface area contributed by atoms with Crippen molar-refractivity contribution in [3.63, 3.8) is 0 Å². The monoisotopic (exact) mass is 731 g/mol. The fourth-order valence-electron chi connectivity index (χ4n) is 11.4. The van der Waals surface area contributed by atoms with E-state index < -0.39 is 5.41 Å². The summed E-state index contributed by atoms with van der Waals surface area (Å²) in [6.45, 7) is 15.7. The lowest BCUT2D eigenvalue weighted by Crippen LogP contribution is -2.26. The largest absolute Gasteiger partial charge is 0.310 e. The standard InChI is InChI=1S/C56H45N/c1-7-17-38-43-29-26-36(33-52(43)54(3,4)46(38)8-2)57(35-28-31-48-45(32-35)42-21-9-13-22-47(42)55(48,5)6)37-27-30-44-41-20-12-16-25-51(41)56(53(44)34-37)49-23-14-10-18-39(49)40-19-11-15-24-50(40)56/h7-34H,1H2,2-6H3/b38-17-,46-8+. The van der Waals surface area contributed by atoms with Crippen LogP contribution in [0, 0.1) is 0 Å². The van der Waals surface area contributed by atoms with Crippen LogP contribution < -0.4 is 4.90 Å². The minimum absolute atomic E-state index is 0.0708. The van der Waals surface area contributed by atoms with E-state index in [1.54, 1.807) is 0 Å². The van der Waals surface area contributed by atoms with Crippen molar-refractivity contribution in [2.24, 2.45) is 0 Å². The van der Waals surface area contributed by atoms with Crippen LogP contribution in [-0.4, -0.2) is 0 Å². The van der Waals surface area contributed by atoms with Crippen LogP contribution in [-0.2, 0) is 16.2 Å². The molecule has 1 spiro atoms. The molecule has 4 aliphatic carbocycles. The van der Waals surface area contributed by atoms with Gasteiger partial charge in [0, 0.05) is 27.9 Å². The molecule has 1 heteroatoms. The lowest BCUT2D eigenvalue weighted by molar-refractivity contribution is 0.659. The van der Waals surface area contributed by atoms with Gasteiger partial charge in [-0.05, 0) is 132 Å². The van der Waals surface area contributed by atoms with Crippen molar-refractivity contribution >= 4 is 22.6 Å². The van der Waals surface area contributed by atoms with Gasteiger partial charge in [0.25, 0.3) is 0 Å². The average Bonchev–Trinajstić information content (AvgIpc) is 3.86. The Labute approximate surface area is 337 Å². The normalized spacial score (nSPS) is 17.8. The summed E-state index contributed by atoms with van der Waals surface area (Å²) >= 11 is 0. The lowest BCUT2D eigenvalue weighted by Gasteiger charge is -2.33. The topological polar surface area (TPSA) is 3.24 Å². The fraction of sp³-hybridized carbons (Fsp3) is 0.143. The minimum atomic E-state index is -0.424. The molecule has 0 heterocycles. The first-order chi connectivity index (χ1) is 27.7. The average molecular weight is 732 g/mol. The van der Waals surface area contributed by atoms with Crippen molar-refractivity contribution < 1.29 is 0 Å². The van der Waals surface area contributed by atoms with Crippen molar-refractivity contribution in [2.75, 3.05) is 4.90 Å². The number of allylic oxidation sites excluding steroid dienone is 5. The van der Waals surface area contributed by atoms with Gasteiger partial charge in [0.2, 0.25) is 0 Å². The van der Waals surface area contributed by atoms with Crippen molar-refractivity contribution in [1.82, 2.24) is 0 Å². The molecule has 7 aromatic carbocycles. The molecule has 0 amide bonds. The summed E-state index contributed by atoms with van der Waals surface area (Å²) in [4.78, 5) is 2.51. The maximum atomic E-state index is 4.08. The summed E-state index contributed by atoms with van der Waals surface area (Å²) in [6, 6.07) is 57.7. The van der Waals surface area contributed by atoms with E-state index in [2.05, 4.69) is 210 Å². The van der Waals surface area contributed by atoms with E-state index in [4.69, 9.17) is 0 Å². The highest BCUT2D eigenvalue weighted by molar-refractivity contribution is 5.97. The van der Waals surface area contributed by atoms with Crippen molar-refractivity contribution in [2.45, 2.75) is 50.9 Å². The number of hydrogen-bond acceptors (Lipinski definition) is 1. The van der Waals surface area contributed by atoms with Gasteiger partial charge in [-0.2, -0.15) is 0 Å². The molecule has 11 rings (SSSR count). The molecule has 0 aromatic heterocycles. The minimum Gasteiger partial charge on any atom is -0.310 e. The maximum absolute atomic E-state index is 4.08. The molecule has 0 aliphatic heterocycles. The first-order valence-corrected chi connectivity index (χ1v) is 20.3. The molecule has 0 saturated carbocycles. The van der Waals surface area contributed by atoms with E-state index in [9.17, 15) is 0 Å². The van der Waals surface area contributed by atoms with E-state index in [0.29, 0.717) is 0 Å². The Balaban J connectivity index is 1.19. The first kappa shape index (κ1) is 33.9. The number of hydrogen-bond donors (Lipinski definition) is 0. The number of fused-ring (bicyclic) bond motifs is 14. The Morgan fingerprint density at radius 1 is 0.421 bits per heavy atom. The number of anilines is 3. The Bertz CT molecular complexity index is 2880. The van der Waals surface area contributed by atoms with Crippen LogP contribution in [0.25, 0.3) is 39.0 Å². The van der Waals surface area contributed by atoms with Gasteiger partial charge in [-0.15, -0.1) is 0 Å². The van der Waals surface area contributed by atoms with Crippen LogP contribution in [0.2, 0.25) is 0 Å². The highest BCUT2D eigenvalue weighted by Gasteiger charge is 2.51. The Morgan fingerprint density at radius 3 is 1.42 bits per heavy atom. The fourth-order valence-corrected chi connectivity index (χ4v) is 11.4. The Hall–Kier alpha value is -6.44. The van der Waals surface area contributed by atoms with Crippen LogP contribution in [0.1, 0.15) is 79.1 Å². The van der Waals surface area contributed by atoms with Gasteiger partial charge < -0.3 is 4.90 Å². The summed E-state index contributed by atoms with van der Waals surface area (Å²) < 4.78 is 0. The molecule has 0 radical (unpaired) electrons. The third kappa shape index (κ3) is 4.29. The van der Waals surface area contributed by atoms with Crippen LogP contribution >= 0.6 is 0 Å². The van der Waals surface area contributed by atoms with Gasteiger partial charge in [0.05, 0.1) is 5.41 Å². The second-order valence-electron chi connectivity index (χ2n) is 17.2. The first-order valence-electron chi connectivity index (χ1n) is 20.3. The van der Waals surface area contributed by atoms with Gasteiger partial charge in [-0.3, -0.25) is 0 Å². The molecule has 0 atom stereocenters. The molecule has 0 fully saturated rings. The highest BCUT2D eigenvalue weighted by Crippen LogP contribution is 2.63. The zero-order valence-corrected chi connectivity index (χ0v) is 33.3. The van der Waals surface area contributed by atoms with Crippen molar-refractivity contribution in [1.29, 1.82) is 0 Å². The second kappa shape index (κ2) is 11.8. The van der Waals surface area contributed by atoms with E-state index >= 15 is 0 Å². The molecule has 57 heavy (non-hydrogen) atoms. The van der Waals surface area contributed by atoms with E-state index in [0.717, 1.165) is 17.1 Å². The third-order valence-corrected chi connectivity index (χ3v) is 13.8. The molecule has 4 aliphatic rings. The molecule has 0 bridgehead atoms. The van der Waals surface area contributed by atoms with Crippen LogP contribution in [0.5, 0.6) is 0 Å². The Morgan fingerprint density at radius 2 is 0.860 bits per heavy atom. The molecular weight excluding hydrogens is 687 g/mol. The molecule has 7 aromatic rings. The SMILES string of the molecule is C=C/C=C1\C(=C/C)C(C)(C)c2cc(N(c3ccc4c(c3)-c3ccccc3C4(C)C)c3ccc4c(c3)C3(c5ccccc5-c5ccccc53)c3ccccc3-4)ccc21. The van der Waals surface area contributed by atoms with Crippen LogP contribution in [0.15, 0.2) is 182 Å². The van der Waals surface area contributed by atoms with E-state index in [-0.39, 0.29) is 10.8 Å². The zero-order chi connectivity index (χ0) is 38.8. The zero-order valence-electron chi connectivity index (χ0n) is 33.3. The second-order valence-corrected chi connectivity index (χ2v) is 17.2. The van der Waals surface area contributed by atoms with Crippen LogP contribution in [0.3, 0.4) is 0 Å². The number of nitrogens with zero attached hydrogens (tertiary/aromatic N) is 1. The molecule has 0 unspecified atom stereocenters. The van der Waals surface area contributed by atoms with Gasteiger partial charge >= 0.3 is 0 Å². The molecule has 0 saturated heterocycles. The van der Waals surface area contributed by atoms with E-state index in [1.165, 1.54) is 89.0 Å². The number of benzene rings is 7. The maximum Gasteiger partial charge on any atom is 0.0726 e. The molecule has 1 nitrogen and oxygen atoms in total. The smallest absolute Gasteiger partial charge is 0.0726 e. The summed E-state index contributed by atoms with van der Waals surface area (Å²) in [5.41, 5.74) is 24.1. The van der Waals surface area contributed by atoms with Gasteiger partial charge in [0.1, 0.15) is 0 Å². The van der Waals surface area contributed by atoms with Gasteiger partial charge in [-0.25, -0.2) is 0 Å². The molecular formula is C56H45N. The summed E-state index contributed by atoms with van der Waals surface area (Å²) in [5, 5.41) is 0. The molecule has 274 valence electrons. The van der Waals surface area contributed by atoms with Crippen molar-refractivity contribution in [3.05, 3.63) is 227 Å². The van der Waals surface area contributed by atoms with Crippen molar-refractivity contribution in [3.8, 4) is 33.4 Å². The number of rotatable bonds is 4. The quantitative estimate of drug-likeness (QED) is 0.174. The van der Waals surface area contributed by atoms with E-state index in [1.807, 2.05) is 6.08 Å². The summed E-state index contributed by atoms with van der Waals surface area (Å²) in [7, 11) is 0. The van der Waals surface area contributed by atoms with Gasteiger partial charge in [0.15, 0.2) is 0 Å². The predicted octanol–water partition coefficient (Wildman–Crippen LogP) is 14.6. The Kier molecular flexibility index (Phi) is 7.00.